The lowest BCUT2D eigenvalue weighted by Gasteiger charge is -2.27. The van der Waals surface area contributed by atoms with Crippen molar-refractivity contribution in [2.75, 3.05) is 11.5 Å². The van der Waals surface area contributed by atoms with Gasteiger partial charge in [0, 0.05) is 37.3 Å². The predicted molar refractivity (Wildman–Crippen MR) is 159 cm³/mol. The van der Waals surface area contributed by atoms with E-state index in [2.05, 4.69) is 15.4 Å². The van der Waals surface area contributed by atoms with Gasteiger partial charge in [0.1, 0.15) is 0 Å². The summed E-state index contributed by atoms with van der Waals surface area (Å²) < 4.78 is 3.22. The van der Waals surface area contributed by atoms with Crippen LogP contribution in [0.3, 0.4) is 0 Å². The van der Waals surface area contributed by atoms with Gasteiger partial charge >= 0.3 is 0 Å². The Kier molecular flexibility index (Phi) is 7.32. The molecule has 6 rings (SSSR count). The average Bonchev–Trinajstić information content (AvgIpc) is 3.66. The molecule has 2 aromatic heterocycles. The molecule has 3 heterocycles. The Morgan fingerprint density at radius 3 is 2.69 bits per heavy atom. The maximum absolute atomic E-state index is 13.9. The van der Waals surface area contributed by atoms with E-state index >= 15 is 0 Å². The van der Waals surface area contributed by atoms with Gasteiger partial charge in [-0.05, 0) is 42.3 Å². The Bertz CT molecular complexity index is 1840. The van der Waals surface area contributed by atoms with Crippen LogP contribution in [0.4, 0.5) is 5.69 Å². The monoisotopic (exact) mass is 564 g/mol. The van der Waals surface area contributed by atoms with Crippen LogP contribution in [-0.2, 0) is 29.9 Å². The molecule has 3 aromatic carbocycles. The molecule has 1 amide bonds. The summed E-state index contributed by atoms with van der Waals surface area (Å²) in [6.45, 7) is 2.69. The van der Waals surface area contributed by atoms with Crippen LogP contribution in [-0.4, -0.2) is 47.5 Å². The molecule has 3 N–H and O–H groups in total. The molecule has 5 aromatic rings. The minimum absolute atomic E-state index is 0.0246. The molecule has 0 saturated carbocycles. The minimum atomic E-state index is -1.72. The number of aromatic nitrogens is 5. The molecule has 0 radical (unpaired) electrons. The van der Waals surface area contributed by atoms with Crippen LogP contribution >= 0.6 is 0 Å². The summed E-state index contributed by atoms with van der Waals surface area (Å²) in [5.41, 5.74) is 2.33. The normalized spacial score (nSPS) is 17.4. The number of para-hydroxylation sites is 2. The van der Waals surface area contributed by atoms with Crippen LogP contribution in [0.5, 0.6) is 0 Å². The number of aliphatic hydroxyl groups excluding tert-OH is 1. The molecule has 1 aliphatic heterocycles. The maximum atomic E-state index is 13.9. The first kappa shape index (κ1) is 27.4. The van der Waals surface area contributed by atoms with Gasteiger partial charge in [-0.3, -0.25) is 19.4 Å². The molecule has 1 aliphatic rings. The quantitative estimate of drug-likeness (QED) is 0.223. The van der Waals surface area contributed by atoms with Gasteiger partial charge in [0.05, 0.1) is 34.5 Å². The molecular weight excluding hydrogens is 532 g/mol. The molecule has 2 atom stereocenters. The number of aryl methyl sites for hydroxylation is 1. The zero-order chi connectivity index (χ0) is 29.3. The fourth-order valence-corrected chi connectivity index (χ4v) is 5.60. The number of anilines is 1. The average molecular weight is 565 g/mol. The van der Waals surface area contributed by atoms with E-state index in [4.69, 9.17) is 5.11 Å². The Balaban J connectivity index is 1.22. The van der Waals surface area contributed by atoms with Gasteiger partial charge < -0.3 is 15.1 Å². The second-order valence-electron chi connectivity index (χ2n) is 10.6. The summed E-state index contributed by atoms with van der Waals surface area (Å²) in [4.78, 5) is 28.5. The number of allylic oxidation sites excluding steroid dienone is 1. The third kappa shape index (κ3) is 4.84. The van der Waals surface area contributed by atoms with Crippen molar-refractivity contribution in [2.24, 2.45) is 5.92 Å². The number of fused-ring (bicyclic) bond motifs is 2. The van der Waals surface area contributed by atoms with Gasteiger partial charge in [-0.25, -0.2) is 4.68 Å². The Hall–Kier alpha value is -4.80. The number of nitrogens with one attached hydrogen (secondary N) is 1. The highest BCUT2D eigenvalue weighted by atomic mass is 16.3. The highest BCUT2D eigenvalue weighted by Gasteiger charge is 2.52. The summed E-state index contributed by atoms with van der Waals surface area (Å²) in [6.07, 6.45) is 6.72. The number of amides is 1. The number of H-pyrrole nitrogens is 1. The van der Waals surface area contributed by atoms with E-state index in [1.165, 1.54) is 4.68 Å². The van der Waals surface area contributed by atoms with Crippen molar-refractivity contribution >= 4 is 22.5 Å². The molecule has 0 bridgehead atoms. The van der Waals surface area contributed by atoms with Gasteiger partial charge in [0.15, 0.2) is 5.60 Å². The van der Waals surface area contributed by atoms with Crippen molar-refractivity contribution in [1.29, 1.82) is 0 Å². The summed E-state index contributed by atoms with van der Waals surface area (Å²) >= 11 is 0. The number of hydrogen-bond donors (Lipinski definition) is 3. The van der Waals surface area contributed by atoms with Gasteiger partial charge in [-0.2, -0.15) is 0 Å². The Morgan fingerprint density at radius 1 is 1.05 bits per heavy atom. The third-order valence-electron chi connectivity index (χ3n) is 7.84. The number of nitrogens with zero attached hydrogens (tertiary/aromatic N) is 5. The van der Waals surface area contributed by atoms with E-state index in [9.17, 15) is 14.7 Å². The van der Waals surface area contributed by atoms with Crippen LogP contribution in [0.25, 0.3) is 16.6 Å². The minimum Gasteiger partial charge on any atom is -0.396 e. The number of carbonyl (C=O) groups is 1. The predicted octanol–water partition coefficient (Wildman–Crippen LogP) is 3.46. The molecule has 0 aliphatic carbocycles. The molecule has 0 unspecified atom stereocenters. The number of aromatic amines is 1. The first-order chi connectivity index (χ1) is 20.4. The van der Waals surface area contributed by atoms with Crippen molar-refractivity contribution in [3.8, 4) is 5.69 Å². The first-order valence-electron chi connectivity index (χ1n) is 14.0. The first-order valence-corrected chi connectivity index (χ1v) is 14.0. The van der Waals surface area contributed by atoms with Crippen LogP contribution in [0.15, 0.2) is 95.9 Å². The van der Waals surface area contributed by atoms with Gasteiger partial charge in [-0.1, -0.05) is 66.8 Å². The fourth-order valence-electron chi connectivity index (χ4n) is 5.60. The standard InChI is InChI=1S/C32H32N6O4/c1-22(9-6-7-17-36-21-24(16-18-39)33-35-36)32(42)27-13-3-5-15-29(27)37(31(32)41)20-23-10-8-11-25(19-23)38-30(40)26-12-2-4-14-28(26)34-38/h2-6,8-15,19,21-22,34,39,42H,7,16-18,20H2,1H3/b9-6+/t22-,32+/m1/s1. The van der Waals surface area contributed by atoms with E-state index in [1.54, 1.807) is 27.9 Å². The highest BCUT2D eigenvalue weighted by Crippen LogP contribution is 2.45. The van der Waals surface area contributed by atoms with Crippen LogP contribution in [0.1, 0.15) is 30.2 Å². The molecule has 0 fully saturated rings. The molecule has 10 nitrogen and oxygen atoms in total. The number of benzene rings is 3. The fraction of sp³-hybridized carbons (Fsp3) is 0.250. The van der Waals surface area contributed by atoms with Crippen molar-refractivity contribution < 1.29 is 15.0 Å². The van der Waals surface area contributed by atoms with E-state index in [1.807, 2.05) is 79.7 Å². The van der Waals surface area contributed by atoms with Crippen molar-refractivity contribution in [3.05, 3.63) is 118 Å². The third-order valence-corrected chi connectivity index (χ3v) is 7.84. The molecule has 42 heavy (non-hydrogen) atoms. The second-order valence-corrected chi connectivity index (χ2v) is 10.6. The highest BCUT2D eigenvalue weighted by molar-refractivity contribution is 6.07. The second kappa shape index (κ2) is 11.2. The van der Waals surface area contributed by atoms with Crippen molar-refractivity contribution in [1.82, 2.24) is 24.8 Å². The lowest BCUT2D eigenvalue weighted by atomic mass is 9.83. The zero-order valence-corrected chi connectivity index (χ0v) is 23.2. The number of aliphatic hydroxyl groups is 2. The molecule has 214 valence electrons. The topological polar surface area (TPSA) is 129 Å². The smallest absolute Gasteiger partial charge is 0.279 e. The van der Waals surface area contributed by atoms with Crippen LogP contribution in [0, 0.1) is 5.92 Å². The summed E-state index contributed by atoms with van der Waals surface area (Å²) in [7, 11) is 0. The van der Waals surface area contributed by atoms with Crippen LogP contribution in [0.2, 0.25) is 0 Å². The Morgan fingerprint density at radius 2 is 1.86 bits per heavy atom. The van der Waals surface area contributed by atoms with E-state index in [0.717, 1.165) is 16.8 Å². The molecular formula is C32H32N6O4. The number of hydrogen-bond acceptors (Lipinski definition) is 6. The SMILES string of the molecule is C[C@H](/C=C/CCn1cc(CCO)nn1)[C@@]1(O)C(=O)N(Cc2cccc(-n3[nH]c4ccccc4c3=O)c2)c2ccccc21. The summed E-state index contributed by atoms with van der Waals surface area (Å²) in [5.74, 6) is -0.882. The lowest BCUT2D eigenvalue weighted by Crippen LogP contribution is -2.44. The molecule has 10 heteroatoms. The number of rotatable bonds is 10. The van der Waals surface area contributed by atoms with Gasteiger partial charge in [0.2, 0.25) is 0 Å². The number of carbonyl (C=O) groups excluding carboxylic acids is 1. The maximum Gasteiger partial charge on any atom is 0.279 e. The largest absolute Gasteiger partial charge is 0.396 e. The lowest BCUT2D eigenvalue weighted by molar-refractivity contribution is -0.139. The van der Waals surface area contributed by atoms with E-state index < -0.39 is 11.5 Å². The van der Waals surface area contributed by atoms with Crippen LogP contribution < -0.4 is 10.5 Å². The summed E-state index contributed by atoms with van der Waals surface area (Å²) in [6, 6.07) is 22.2. The van der Waals surface area contributed by atoms with E-state index in [0.29, 0.717) is 41.7 Å². The zero-order valence-electron chi connectivity index (χ0n) is 23.2. The van der Waals surface area contributed by atoms with E-state index in [-0.39, 0.29) is 24.6 Å². The van der Waals surface area contributed by atoms with Crippen molar-refractivity contribution in [3.63, 3.8) is 0 Å². The van der Waals surface area contributed by atoms with Gasteiger partial charge in [0.25, 0.3) is 11.5 Å². The van der Waals surface area contributed by atoms with Gasteiger partial charge in [-0.15, -0.1) is 5.10 Å². The van der Waals surface area contributed by atoms with Crippen molar-refractivity contribution in [2.45, 2.75) is 38.5 Å². The Labute approximate surface area is 242 Å². The summed E-state index contributed by atoms with van der Waals surface area (Å²) in [5, 5.41) is 32.8. The molecule has 0 spiro atoms. The molecule has 0 saturated heterocycles.